The highest BCUT2D eigenvalue weighted by Crippen LogP contribution is 2.27. The van der Waals surface area contributed by atoms with Crippen LogP contribution in [0, 0.1) is 13.8 Å². The van der Waals surface area contributed by atoms with Crippen molar-refractivity contribution in [1.29, 1.82) is 0 Å². The van der Waals surface area contributed by atoms with Gasteiger partial charge in [-0.25, -0.2) is 0 Å². The molecule has 1 aliphatic rings. The Morgan fingerprint density at radius 3 is 2.88 bits per heavy atom. The lowest BCUT2D eigenvalue weighted by molar-refractivity contribution is 0.509. The van der Waals surface area contributed by atoms with Crippen LogP contribution in [0.5, 0.6) is 0 Å². The number of hydrogen-bond acceptors (Lipinski definition) is 2. The van der Waals surface area contributed by atoms with E-state index in [4.69, 9.17) is 4.42 Å². The van der Waals surface area contributed by atoms with Crippen LogP contribution in [-0.4, -0.2) is 6.04 Å². The molecule has 0 amide bonds. The average molecular weight is 215 g/mol. The Balaban J connectivity index is 1.94. The highest BCUT2D eigenvalue weighted by Gasteiger charge is 2.21. The molecule has 1 aromatic heterocycles. The largest absolute Gasteiger partial charge is 0.459 e. The van der Waals surface area contributed by atoms with Crippen LogP contribution in [0.1, 0.15) is 29.7 Å². The van der Waals surface area contributed by atoms with Crippen molar-refractivity contribution in [2.45, 2.75) is 39.3 Å². The van der Waals surface area contributed by atoms with Crippen molar-refractivity contribution in [2.75, 3.05) is 0 Å². The summed E-state index contributed by atoms with van der Waals surface area (Å²) in [4.78, 5) is 0. The lowest BCUT2D eigenvalue weighted by Gasteiger charge is -1.99. The van der Waals surface area contributed by atoms with Gasteiger partial charge in [-0.15, -0.1) is 0 Å². The number of nitrogens with one attached hydrogen (secondary N) is 1. The molecular weight excluding hydrogens is 198 g/mol. The minimum absolute atomic E-state index is 0.731. The van der Waals surface area contributed by atoms with Crippen molar-refractivity contribution < 1.29 is 4.42 Å². The number of furan rings is 1. The summed E-state index contributed by atoms with van der Waals surface area (Å²) in [5, 5.41) is 4.75. The van der Waals surface area contributed by atoms with Crippen LogP contribution in [0.3, 0.4) is 0 Å². The third-order valence-corrected chi connectivity index (χ3v) is 3.32. The van der Waals surface area contributed by atoms with Gasteiger partial charge in [0.05, 0.1) is 6.54 Å². The van der Waals surface area contributed by atoms with Crippen LogP contribution in [0.25, 0.3) is 11.0 Å². The maximum Gasteiger partial charge on any atom is 0.134 e. The molecule has 0 saturated heterocycles. The lowest BCUT2D eigenvalue weighted by atomic mass is 10.1. The summed E-state index contributed by atoms with van der Waals surface area (Å²) in [5.74, 6) is 1.09. The molecule has 2 heteroatoms. The minimum Gasteiger partial charge on any atom is -0.459 e. The smallest absolute Gasteiger partial charge is 0.134 e. The Hall–Kier alpha value is -1.28. The standard InChI is InChI=1S/C14H17NO/c1-9-3-6-13-12(7-9)10(2)14(16-13)8-15-11-4-5-11/h3,6-7,11,15H,4-5,8H2,1-2H3. The number of hydrogen-bond donors (Lipinski definition) is 1. The Morgan fingerprint density at radius 1 is 1.31 bits per heavy atom. The molecule has 16 heavy (non-hydrogen) atoms. The first-order valence-electron chi connectivity index (χ1n) is 5.96. The quantitative estimate of drug-likeness (QED) is 0.849. The summed E-state index contributed by atoms with van der Waals surface area (Å²) in [6, 6.07) is 7.10. The fourth-order valence-corrected chi connectivity index (χ4v) is 2.08. The molecule has 0 spiro atoms. The predicted molar refractivity (Wildman–Crippen MR) is 65.5 cm³/mol. The molecule has 0 atom stereocenters. The van der Waals surface area contributed by atoms with Crippen molar-refractivity contribution in [3.05, 3.63) is 35.1 Å². The van der Waals surface area contributed by atoms with Crippen molar-refractivity contribution in [1.82, 2.24) is 5.32 Å². The van der Waals surface area contributed by atoms with Crippen LogP contribution in [0.15, 0.2) is 22.6 Å². The predicted octanol–water partition coefficient (Wildman–Crippen LogP) is 3.30. The van der Waals surface area contributed by atoms with E-state index in [1.807, 2.05) is 0 Å². The number of fused-ring (bicyclic) bond motifs is 1. The highest BCUT2D eigenvalue weighted by atomic mass is 16.3. The summed E-state index contributed by atoms with van der Waals surface area (Å²) in [6.45, 7) is 5.13. The van der Waals surface area contributed by atoms with Gasteiger partial charge in [-0.3, -0.25) is 0 Å². The summed E-state index contributed by atoms with van der Waals surface area (Å²) in [5.41, 5.74) is 3.58. The topological polar surface area (TPSA) is 25.2 Å². The third-order valence-electron chi connectivity index (χ3n) is 3.32. The molecule has 1 aliphatic carbocycles. The second-order valence-corrected chi connectivity index (χ2v) is 4.81. The normalized spacial score (nSPS) is 15.9. The summed E-state index contributed by atoms with van der Waals surface area (Å²) >= 11 is 0. The monoisotopic (exact) mass is 215 g/mol. The van der Waals surface area contributed by atoms with E-state index in [2.05, 4.69) is 37.4 Å². The summed E-state index contributed by atoms with van der Waals surface area (Å²) in [7, 11) is 0. The molecule has 0 unspecified atom stereocenters. The minimum atomic E-state index is 0.731. The lowest BCUT2D eigenvalue weighted by Crippen LogP contribution is -2.15. The van der Waals surface area contributed by atoms with Gasteiger partial charge in [-0.1, -0.05) is 11.6 Å². The van der Waals surface area contributed by atoms with Crippen LogP contribution < -0.4 is 5.32 Å². The van der Waals surface area contributed by atoms with E-state index in [1.165, 1.54) is 29.4 Å². The van der Waals surface area contributed by atoms with Gasteiger partial charge in [-0.05, 0) is 44.4 Å². The Labute approximate surface area is 95.6 Å². The fraction of sp³-hybridized carbons (Fsp3) is 0.429. The first-order valence-corrected chi connectivity index (χ1v) is 5.96. The maximum atomic E-state index is 5.87. The molecule has 0 bridgehead atoms. The Kier molecular flexibility index (Phi) is 2.25. The molecule has 3 rings (SSSR count). The molecule has 1 heterocycles. The Morgan fingerprint density at radius 2 is 2.12 bits per heavy atom. The van der Waals surface area contributed by atoms with Crippen molar-refractivity contribution in [2.24, 2.45) is 0 Å². The second kappa shape index (κ2) is 3.63. The summed E-state index contributed by atoms with van der Waals surface area (Å²) < 4.78 is 5.87. The van der Waals surface area contributed by atoms with Crippen molar-refractivity contribution in [3.8, 4) is 0 Å². The van der Waals surface area contributed by atoms with E-state index >= 15 is 0 Å². The molecule has 1 fully saturated rings. The molecule has 84 valence electrons. The van der Waals surface area contributed by atoms with Crippen LogP contribution >= 0.6 is 0 Å². The molecule has 0 aliphatic heterocycles. The second-order valence-electron chi connectivity index (χ2n) is 4.81. The number of rotatable bonds is 3. The van der Waals surface area contributed by atoms with Gasteiger partial charge >= 0.3 is 0 Å². The molecular formula is C14H17NO. The zero-order chi connectivity index (χ0) is 11.1. The van der Waals surface area contributed by atoms with Gasteiger partial charge in [0.15, 0.2) is 0 Å². The van der Waals surface area contributed by atoms with E-state index in [9.17, 15) is 0 Å². The van der Waals surface area contributed by atoms with Gasteiger partial charge in [0.1, 0.15) is 11.3 Å². The zero-order valence-electron chi connectivity index (χ0n) is 9.84. The summed E-state index contributed by atoms with van der Waals surface area (Å²) in [6.07, 6.45) is 2.64. The van der Waals surface area contributed by atoms with E-state index in [0.29, 0.717) is 0 Å². The zero-order valence-corrected chi connectivity index (χ0v) is 9.84. The van der Waals surface area contributed by atoms with E-state index in [0.717, 1.165) is 23.9 Å². The molecule has 0 radical (unpaired) electrons. The van der Waals surface area contributed by atoms with Gasteiger partial charge in [-0.2, -0.15) is 0 Å². The van der Waals surface area contributed by atoms with Crippen molar-refractivity contribution >= 4 is 11.0 Å². The van der Waals surface area contributed by atoms with Crippen LogP contribution in [-0.2, 0) is 6.54 Å². The Bertz CT molecular complexity index is 523. The van der Waals surface area contributed by atoms with Gasteiger partial charge in [0.2, 0.25) is 0 Å². The van der Waals surface area contributed by atoms with E-state index in [-0.39, 0.29) is 0 Å². The fourth-order valence-electron chi connectivity index (χ4n) is 2.08. The average Bonchev–Trinajstić information content (AvgIpc) is 3.04. The third kappa shape index (κ3) is 1.74. The van der Waals surface area contributed by atoms with Crippen LogP contribution in [0.4, 0.5) is 0 Å². The maximum absolute atomic E-state index is 5.87. The first kappa shape index (κ1) is 9.91. The van der Waals surface area contributed by atoms with Gasteiger partial charge < -0.3 is 9.73 Å². The van der Waals surface area contributed by atoms with E-state index < -0.39 is 0 Å². The number of aryl methyl sites for hydroxylation is 2. The highest BCUT2D eigenvalue weighted by molar-refractivity contribution is 5.82. The molecule has 2 nitrogen and oxygen atoms in total. The van der Waals surface area contributed by atoms with Crippen molar-refractivity contribution in [3.63, 3.8) is 0 Å². The number of benzene rings is 1. The molecule has 1 N–H and O–H groups in total. The van der Waals surface area contributed by atoms with Gasteiger partial charge in [0, 0.05) is 11.4 Å². The van der Waals surface area contributed by atoms with Gasteiger partial charge in [0.25, 0.3) is 0 Å². The molecule has 2 aromatic rings. The van der Waals surface area contributed by atoms with E-state index in [1.54, 1.807) is 0 Å². The molecule has 1 aromatic carbocycles. The van der Waals surface area contributed by atoms with Crippen LogP contribution in [0.2, 0.25) is 0 Å². The SMILES string of the molecule is Cc1ccc2oc(CNC3CC3)c(C)c2c1. The first-order chi connectivity index (χ1) is 7.74. The molecule has 1 saturated carbocycles.